The summed E-state index contributed by atoms with van der Waals surface area (Å²) in [6.45, 7) is 1.58. The van der Waals surface area contributed by atoms with Gasteiger partial charge in [-0.15, -0.1) is 0 Å². The van der Waals surface area contributed by atoms with Crippen molar-refractivity contribution in [2.24, 2.45) is 5.73 Å². The van der Waals surface area contributed by atoms with Crippen LogP contribution in [0.1, 0.15) is 6.42 Å². The third-order valence-corrected chi connectivity index (χ3v) is 2.34. The molecule has 0 spiro atoms. The predicted octanol–water partition coefficient (Wildman–Crippen LogP) is 2.13. The number of aromatic nitrogens is 1. The average molecular weight is 192 g/mol. The molecule has 3 heteroatoms. The summed E-state index contributed by atoms with van der Waals surface area (Å²) in [7, 11) is 0. The lowest BCUT2D eigenvalue weighted by Gasteiger charge is -2.03. The smallest absolute Gasteiger partial charge is 0.123 e. The minimum Gasteiger partial charge on any atom is -0.347 e. The summed E-state index contributed by atoms with van der Waals surface area (Å²) in [6.07, 6.45) is 2.92. The van der Waals surface area contributed by atoms with Gasteiger partial charge in [0.1, 0.15) is 5.82 Å². The average Bonchev–Trinajstić information content (AvgIpc) is 2.57. The van der Waals surface area contributed by atoms with E-state index in [-0.39, 0.29) is 5.82 Å². The van der Waals surface area contributed by atoms with Gasteiger partial charge >= 0.3 is 0 Å². The number of rotatable bonds is 3. The van der Waals surface area contributed by atoms with E-state index >= 15 is 0 Å². The minimum absolute atomic E-state index is 0.186. The molecule has 1 aromatic carbocycles. The fourth-order valence-corrected chi connectivity index (χ4v) is 1.63. The van der Waals surface area contributed by atoms with Crippen molar-refractivity contribution < 1.29 is 4.39 Å². The molecule has 2 nitrogen and oxygen atoms in total. The van der Waals surface area contributed by atoms with Gasteiger partial charge in [0, 0.05) is 23.6 Å². The maximum absolute atomic E-state index is 12.9. The van der Waals surface area contributed by atoms with Gasteiger partial charge in [-0.25, -0.2) is 4.39 Å². The monoisotopic (exact) mass is 192 g/mol. The van der Waals surface area contributed by atoms with Gasteiger partial charge in [0.2, 0.25) is 0 Å². The Labute approximate surface area is 82.1 Å². The molecule has 2 aromatic rings. The highest BCUT2D eigenvalue weighted by molar-refractivity contribution is 5.80. The highest BCUT2D eigenvalue weighted by Crippen LogP contribution is 2.17. The van der Waals surface area contributed by atoms with Gasteiger partial charge in [-0.1, -0.05) is 0 Å². The molecule has 0 aliphatic heterocycles. The molecule has 0 saturated heterocycles. The van der Waals surface area contributed by atoms with Crippen LogP contribution in [0.2, 0.25) is 0 Å². The summed E-state index contributed by atoms with van der Waals surface area (Å²) in [5.74, 6) is -0.186. The van der Waals surface area contributed by atoms with Crippen molar-refractivity contribution in [2.45, 2.75) is 13.0 Å². The maximum atomic E-state index is 12.9. The first-order valence-electron chi connectivity index (χ1n) is 4.76. The number of hydrogen-bond acceptors (Lipinski definition) is 1. The molecule has 0 aliphatic rings. The second-order valence-corrected chi connectivity index (χ2v) is 3.35. The van der Waals surface area contributed by atoms with Crippen LogP contribution in [0.4, 0.5) is 4.39 Å². The molecule has 0 aliphatic carbocycles. The lowest BCUT2D eigenvalue weighted by atomic mass is 10.2. The number of fused-ring (bicyclic) bond motifs is 1. The molecule has 0 amide bonds. The zero-order chi connectivity index (χ0) is 9.97. The van der Waals surface area contributed by atoms with Crippen molar-refractivity contribution in [3.8, 4) is 0 Å². The number of aryl methyl sites for hydroxylation is 1. The van der Waals surface area contributed by atoms with Crippen LogP contribution in [0.5, 0.6) is 0 Å². The number of halogens is 1. The quantitative estimate of drug-likeness (QED) is 0.793. The molecule has 0 radical (unpaired) electrons. The molecule has 0 atom stereocenters. The van der Waals surface area contributed by atoms with E-state index in [1.165, 1.54) is 6.07 Å². The van der Waals surface area contributed by atoms with Crippen LogP contribution in [0.25, 0.3) is 10.9 Å². The van der Waals surface area contributed by atoms with Gasteiger partial charge in [0.15, 0.2) is 0 Å². The molecular weight excluding hydrogens is 179 g/mol. The first-order chi connectivity index (χ1) is 6.81. The van der Waals surface area contributed by atoms with Gasteiger partial charge in [-0.2, -0.15) is 0 Å². The lowest BCUT2D eigenvalue weighted by Crippen LogP contribution is -2.04. The van der Waals surface area contributed by atoms with E-state index in [0.717, 1.165) is 23.9 Å². The molecule has 0 saturated carbocycles. The molecule has 14 heavy (non-hydrogen) atoms. The summed E-state index contributed by atoms with van der Waals surface area (Å²) in [5.41, 5.74) is 6.51. The highest BCUT2D eigenvalue weighted by atomic mass is 19.1. The van der Waals surface area contributed by atoms with Crippen molar-refractivity contribution in [3.63, 3.8) is 0 Å². The van der Waals surface area contributed by atoms with E-state index < -0.39 is 0 Å². The Morgan fingerprint density at radius 1 is 1.29 bits per heavy atom. The molecule has 1 aromatic heterocycles. The Kier molecular flexibility index (Phi) is 2.50. The van der Waals surface area contributed by atoms with E-state index in [9.17, 15) is 4.39 Å². The lowest BCUT2D eigenvalue weighted by molar-refractivity contribution is 0.629. The third kappa shape index (κ3) is 1.63. The first-order valence-corrected chi connectivity index (χ1v) is 4.76. The topological polar surface area (TPSA) is 30.9 Å². The molecule has 2 N–H and O–H groups in total. The Morgan fingerprint density at radius 2 is 2.14 bits per heavy atom. The molecule has 1 heterocycles. The van der Waals surface area contributed by atoms with Crippen LogP contribution >= 0.6 is 0 Å². The molecule has 0 unspecified atom stereocenters. The highest BCUT2D eigenvalue weighted by Gasteiger charge is 2.00. The van der Waals surface area contributed by atoms with Crippen molar-refractivity contribution in [1.29, 1.82) is 0 Å². The Morgan fingerprint density at radius 3 is 2.93 bits per heavy atom. The number of benzene rings is 1. The minimum atomic E-state index is -0.186. The summed E-state index contributed by atoms with van der Waals surface area (Å²) >= 11 is 0. The number of hydrogen-bond donors (Lipinski definition) is 1. The van der Waals surface area contributed by atoms with Crippen LogP contribution < -0.4 is 5.73 Å². The van der Waals surface area contributed by atoms with Gasteiger partial charge in [-0.05, 0) is 37.2 Å². The van der Waals surface area contributed by atoms with Crippen molar-refractivity contribution >= 4 is 10.9 Å². The second-order valence-electron chi connectivity index (χ2n) is 3.35. The van der Waals surface area contributed by atoms with E-state index in [2.05, 4.69) is 4.57 Å². The normalized spacial score (nSPS) is 11.0. The van der Waals surface area contributed by atoms with Gasteiger partial charge < -0.3 is 10.3 Å². The van der Waals surface area contributed by atoms with E-state index in [1.54, 1.807) is 12.1 Å². The summed E-state index contributed by atoms with van der Waals surface area (Å²) in [4.78, 5) is 0. The standard InChI is InChI=1S/C11H13FN2/c12-10-2-3-11-9(8-10)4-7-14(11)6-1-5-13/h2-4,7-8H,1,5-6,13H2. The SMILES string of the molecule is NCCCn1ccc2cc(F)ccc21. The molecule has 74 valence electrons. The second kappa shape index (κ2) is 3.80. The van der Waals surface area contributed by atoms with Crippen LogP contribution in [-0.2, 0) is 6.54 Å². The summed E-state index contributed by atoms with van der Waals surface area (Å²) in [6, 6.07) is 6.77. The predicted molar refractivity (Wildman–Crippen MR) is 55.6 cm³/mol. The van der Waals surface area contributed by atoms with Crippen molar-refractivity contribution in [2.75, 3.05) is 6.54 Å². The fraction of sp³-hybridized carbons (Fsp3) is 0.273. The molecule has 0 bridgehead atoms. The summed E-state index contributed by atoms with van der Waals surface area (Å²) < 4.78 is 15.0. The first kappa shape index (κ1) is 9.21. The molecular formula is C11H13FN2. The number of nitrogens with two attached hydrogens (primary N) is 1. The van der Waals surface area contributed by atoms with E-state index in [0.29, 0.717) is 6.54 Å². The van der Waals surface area contributed by atoms with Gasteiger partial charge in [-0.3, -0.25) is 0 Å². The van der Waals surface area contributed by atoms with Crippen LogP contribution in [-0.4, -0.2) is 11.1 Å². The van der Waals surface area contributed by atoms with E-state index in [1.807, 2.05) is 12.3 Å². The van der Waals surface area contributed by atoms with Crippen LogP contribution in [0.3, 0.4) is 0 Å². The van der Waals surface area contributed by atoms with Gasteiger partial charge in [0.05, 0.1) is 0 Å². The Balaban J connectivity index is 2.37. The zero-order valence-electron chi connectivity index (χ0n) is 7.91. The number of nitrogens with zero attached hydrogens (tertiary/aromatic N) is 1. The van der Waals surface area contributed by atoms with Crippen LogP contribution in [0, 0.1) is 5.82 Å². The van der Waals surface area contributed by atoms with Crippen LogP contribution in [0.15, 0.2) is 30.5 Å². The molecule has 2 rings (SSSR count). The van der Waals surface area contributed by atoms with E-state index in [4.69, 9.17) is 5.73 Å². The van der Waals surface area contributed by atoms with Gasteiger partial charge in [0.25, 0.3) is 0 Å². The van der Waals surface area contributed by atoms with Crippen molar-refractivity contribution in [3.05, 3.63) is 36.3 Å². The molecule has 0 fully saturated rings. The third-order valence-electron chi connectivity index (χ3n) is 2.34. The van der Waals surface area contributed by atoms with Crippen molar-refractivity contribution in [1.82, 2.24) is 4.57 Å². The largest absolute Gasteiger partial charge is 0.347 e. The fourth-order valence-electron chi connectivity index (χ4n) is 1.63. The Bertz CT molecular complexity index is 434. The zero-order valence-corrected chi connectivity index (χ0v) is 7.91. The summed E-state index contributed by atoms with van der Waals surface area (Å²) in [5, 5.41) is 0.946. The Hall–Kier alpha value is -1.35. The maximum Gasteiger partial charge on any atom is 0.123 e.